The van der Waals surface area contributed by atoms with Gasteiger partial charge >= 0.3 is 5.51 Å². The molecule has 0 saturated carbocycles. The number of hydrogen-bond donors (Lipinski definition) is 1. The van der Waals surface area contributed by atoms with E-state index in [0.717, 1.165) is 49.9 Å². The Kier molecular flexibility index (Phi) is 5.69. The van der Waals surface area contributed by atoms with Crippen molar-refractivity contribution in [3.8, 4) is 0 Å². The lowest BCUT2D eigenvalue weighted by Gasteiger charge is -2.23. The number of H-pyrrole nitrogens is 1. The van der Waals surface area contributed by atoms with E-state index in [1.165, 1.54) is 17.7 Å². The highest BCUT2D eigenvalue weighted by Gasteiger charge is 2.32. The molecule has 1 aromatic carbocycles. The average Bonchev–Trinajstić information content (AvgIpc) is 3.35. The first-order chi connectivity index (χ1) is 13.3. The third-order valence-electron chi connectivity index (χ3n) is 6.38. The molecule has 3 nitrogen and oxygen atoms in total. The van der Waals surface area contributed by atoms with Gasteiger partial charge in [0.05, 0.1) is 6.61 Å². The number of hydrogen-bond acceptors (Lipinski definition) is 3. The first-order valence-corrected chi connectivity index (χ1v) is 10.8. The van der Waals surface area contributed by atoms with Crippen LogP contribution in [0.3, 0.4) is 0 Å². The number of halogens is 3. The molecule has 0 spiro atoms. The van der Waals surface area contributed by atoms with Crippen molar-refractivity contribution in [1.29, 1.82) is 0 Å². The number of ether oxygens (including phenoxy) is 1. The molecule has 2 aromatic rings. The zero-order valence-electron chi connectivity index (χ0n) is 16.3. The van der Waals surface area contributed by atoms with E-state index in [-0.39, 0.29) is 16.7 Å². The quantitative estimate of drug-likeness (QED) is 0.652. The summed E-state index contributed by atoms with van der Waals surface area (Å²) in [6, 6.07) is 5.53. The Labute approximate surface area is 168 Å². The maximum absolute atomic E-state index is 12.9. The predicted octanol–water partition coefficient (Wildman–Crippen LogP) is 5.56. The van der Waals surface area contributed by atoms with E-state index in [1.807, 2.05) is 0 Å². The van der Waals surface area contributed by atoms with E-state index in [1.54, 1.807) is 18.2 Å². The molecule has 2 saturated heterocycles. The molecule has 1 N–H and O–H groups in total. The topological polar surface area (TPSA) is 28.3 Å². The highest BCUT2D eigenvalue weighted by molar-refractivity contribution is 8.00. The SMILES string of the molecule is C[C@H](c1[nH]c2ccc(SC(F)(F)F)cc2c1C[C@H]1CCCN1C)[C@H]1CCOC1. The fourth-order valence-corrected chi connectivity index (χ4v) is 5.29. The van der Waals surface area contributed by atoms with Gasteiger partial charge in [-0.25, -0.2) is 0 Å². The van der Waals surface area contributed by atoms with Crippen LogP contribution in [-0.4, -0.2) is 48.2 Å². The van der Waals surface area contributed by atoms with Crippen LogP contribution >= 0.6 is 11.8 Å². The molecule has 3 heterocycles. The number of rotatable bonds is 5. The van der Waals surface area contributed by atoms with Crippen molar-refractivity contribution in [3.05, 3.63) is 29.5 Å². The summed E-state index contributed by atoms with van der Waals surface area (Å²) in [6.45, 7) is 4.86. The van der Waals surface area contributed by atoms with Crippen LogP contribution in [0.5, 0.6) is 0 Å². The summed E-state index contributed by atoms with van der Waals surface area (Å²) in [7, 11) is 2.14. The van der Waals surface area contributed by atoms with Gasteiger partial charge in [-0.05, 0) is 80.7 Å². The highest BCUT2D eigenvalue weighted by Crippen LogP contribution is 2.41. The smallest absolute Gasteiger partial charge is 0.381 e. The van der Waals surface area contributed by atoms with Crippen LogP contribution in [0.1, 0.15) is 43.4 Å². The molecule has 4 rings (SSSR count). The van der Waals surface area contributed by atoms with Crippen molar-refractivity contribution in [3.63, 3.8) is 0 Å². The van der Waals surface area contributed by atoms with Gasteiger partial charge in [-0.3, -0.25) is 0 Å². The van der Waals surface area contributed by atoms with Gasteiger partial charge in [-0.2, -0.15) is 13.2 Å². The fourth-order valence-electron chi connectivity index (χ4n) is 4.71. The maximum Gasteiger partial charge on any atom is 0.446 e. The summed E-state index contributed by atoms with van der Waals surface area (Å²) in [5, 5.41) is 0.940. The molecular weight excluding hydrogens is 385 g/mol. The Morgan fingerprint density at radius 2 is 2.14 bits per heavy atom. The molecule has 3 atom stereocenters. The molecule has 154 valence electrons. The van der Waals surface area contributed by atoms with E-state index in [0.29, 0.717) is 17.9 Å². The van der Waals surface area contributed by atoms with Crippen LogP contribution in [0.15, 0.2) is 23.1 Å². The Bertz CT molecular complexity index is 829. The van der Waals surface area contributed by atoms with Crippen LogP contribution in [0.2, 0.25) is 0 Å². The predicted molar refractivity (Wildman–Crippen MR) is 107 cm³/mol. The maximum atomic E-state index is 12.9. The average molecular weight is 413 g/mol. The van der Waals surface area contributed by atoms with E-state index in [4.69, 9.17) is 4.74 Å². The molecule has 2 aliphatic heterocycles. The molecule has 2 aliphatic rings. The van der Waals surface area contributed by atoms with E-state index in [9.17, 15) is 13.2 Å². The Hall–Kier alpha value is -1.18. The van der Waals surface area contributed by atoms with Crippen molar-refractivity contribution in [1.82, 2.24) is 9.88 Å². The molecule has 1 aromatic heterocycles. The van der Waals surface area contributed by atoms with Gasteiger partial charge in [0.1, 0.15) is 0 Å². The van der Waals surface area contributed by atoms with Gasteiger partial charge in [0.25, 0.3) is 0 Å². The molecule has 0 aliphatic carbocycles. The second-order valence-corrected chi connectivity index (χ2v) is 9.30. The monoisotopic (exact) mass is 412 g/mol. The third-order valence-corrected chi connectivity index (χ3v) is 7.10. The van der Waals surface area contributed by atoms with E-state index < -0.39 is 5.51 Å². The highest BCUT2D eigenvalue weighted by atomic mass is 32.2. The minimum atomic E-state index is -4.27. The van der Waals surface area contributed by atoms with Gasteiger partial charge in [0.15, 0.2) is 0 Å². The minimum Gasteiger partial charge on any atom is -0.381 e. The molecule has 0 radical (unpaired) electrons. The first-order valence-electron chi connectivity index (χ1n) is 10.00. The second-order valence-electron chi connectivity index (χ2n) is 8.17. The van der Waals surface area contributed by atoms with Crippen molar-refractivity contribution in [2.45, 2.75) is 55.0 Å². The Balaban J connectivity index is 1.74. The summed E-state index contributed by atoms with van der Waals surface area (Å²) in [4.78, 5) is 6.18. The number of likely N-dealkylation sites (N-methyl/N-ethyl adjacent to an activating group) is 1. The number of aromatic nitrogens is 1. The van der Waals surface area contributed by atoms with Crippen LogP contribution in [-0.2, 0) is 11.2 Å². The molecular formula is C21H27F3N2OS. The molecule has 0 amide bonds. The molecule has 0 bridgehead atoms. The lowest BCUT2D eigenvalue weighted by Crippen LogP contribution is -2.27. The molecule has 0 unspecified atom stereocenters. The number of fused-ring (bicyclic) bond motifs is 1. The Morgan fingerprint density at radius 1 is 1.32 bits per heavy atom. The van der Waals surface area contributed by atoms with Crippen molar-refractivity contribution >= 4 is 22.7 Å². The van der Waals surface area contributed by atoms with E-state index in [2.05, 4.69) is 23.9 Å². The van der Waals surface area contributed by atoms with Gasteiger partial charge in [-0.15, -0.1) is 0 Å². The van der Waals surface area contributed by atoms with Crippen LogP contribution in [0.25, 0.3) is 10.9 Å². The zero-order valence-corrected chi connectivity index (χ0v) is 17.1. The zero-order chi connectivity index (χ0) is 19.9. The van der Waals surface area contributed by atoms with Crippen LogP contribution in [0, 0.1) is 5.92 Å². The normalized spacial score (nSPS) is 25.0. The number of nitrogens with zero attached hydrogens (tertiary/aromatic N) is 1. The lowest BCUT2D eigenvalue weighted by molar-refractivity contribution is -0.0328. The van der Waals surface area contributed by atoms with Crippen molar-refractivity contribution in [2.24, 2.45) is 5.92 Å². The summed E-state index contributed by atoms with van der Waals surface area (Å²) >= 11 is -0.0338. The summed E-state index contributed by atoms with van der Waals surface area (Å²) in [6.07, 6.45) is 4.24. The second kappa shape index (κ2) is 7.92. The number of likely N-dealkylation sites (tertiary alicyclic amines) is 1. The van der Waals surface area contributed by atoms with Crippen LogP contribution < -0.4 is 0 Å². The number of thioether (sulfide) groups is 1. The van der Waals surface area contributed by atoms with Gasteiger partial charge in [0.2, 0.25) is 0 Å². The summed E-state index contributed by atoms with van der Waals surface area (Å²) in [5.41, 5.74) is -0.965. The fraction of sp³-hybridized carbons (Fsp3) is 0.619. The van der Waals surface area contributed by atoms with Gasteiger partial charge in [-0.1, -0.05) is 6.92 Å². The van der Waals surface area contributed by atoms with Crippen LogP contribution in [0.4, 0.5) is 13.2 Å². The number of nitrogens with one attached hydrogen (secondary N) is 1. The van der Waals surface area contributed by atoms with Gasteiger partial charge < -0.3 is 14.6 Å². The Morgan fingerprint density at radius 3 is 2.79 bits per heavy atom. The van der Waals surface area contributed by atoms with Crippen molar-refractivity contribution in [2.75, 3.05) is 26.8 Å². The lowest BCUT2D eigenvalue weighted by atomic mass is 9.87. The standard InChI is InChI=1S/C21H27F3N2OS/c1-13(14-7-9-27-12-14)20-18(10-15-4-3-8-26(15)2)17-11-16(28-21(22,23)24)5-6-19(17)25-20/h5-6,11,13-15,25H,3-4,7-10,12H2,1-2H3/t13-,14-,15+/m0/s1. The van der Waals surface area contributed by atoms with E-state index >= 15 is 0 Å². The number of benzene rings is 1. The number of alkyl halides is 3. The largest absolute Gasteiger partial charge is 0.446 e. The van der Waals surface area contributed by atoms with Gasteiger partial charge in [0, 0.05) is 40.1 Å². The molecule has 28 heavy (non-hydrogen) atoms. The minimum absolute atomic E-state index is 0.0338. The van der Waals surface area contributed by atoms with Crippen molar-refractivity contribution < 1.29 is 17.9 Å². The molecule has 2 fully saturated rings. The third kappa shape index (κ3) is 4.21. The number of aromatic amines is 1. The summed E-state index contributed by atoms with van der Waals surface area (Å²) < 4.78 is 44.3. The first kappa shape index (κ1) is 20.1. The summed E-state index contributed by atoms with van der Waals surface area (Å²) in [5.74, 6) is 0.757. The molecule has 7 heteroatoms.